The first-order valence-electron chi connectivity index (χ1n) is 14.6. The fourth-order valence-corrected chi connectivity index (χ4v) is 7.82. The van der Waals surface area contributed by atoms with Gasteiger partial charge in [0.1, 0.15) is 12.4 Å². The zero-order chi connectivity index (χ0) is 30.1. The van der Waals surface area contributed by atoms with Crippen LogP contribution in [0.4, 0.5) is 5.82 Å². The summed E-state index contributed by atoms with van der Waals surface area (Å²) in [5, 5.41) is 13.1. The first-order chi connectivity index (χ1) is 20.8. The van der Waals surface area contributed by atoms with Crippen molar-refractivity contribution in [2.45, 2.75) is 50.5 Å². The topological polar surface area (TPSA) is 112 Å². The van der Waals surface area contributed by atoms with E-state index in [9.17, 15) is 13.7 Å². The molecule has 2 aromatic carbocycles. The highest BCUT2D eigenvalue weighted by Crippen LogP contribution is 2.39. The van der Waals surface area contributed by atoms with E-state index in [0.29, 0.717) is 49.0 Å². The number of rotatable bonds is 8. The van der Waals surface area contributed by atoms with Crippen LogP contribution in [0.15, 0.2) is 48.4 Å². The van der Waals surface area contributed by atoms with Crippen molar-refractivity contribution in [3.05, 3.63) is 70.2 Å². The Morgan fingerprint density at radius 1 is 1.19 bits per heavy atom. The second-order valence-electron chi connectivity index (χ2n) is 11.3. The average Bonchev–Trinajstić information content (AvgIpc) is 3.43. The van der Waals surface area contributed by atoms with Crippen molar-refractivity contribution >= 4 is 38.2 Å². The lowest BCUT2D eigenvalue weighted by Crippen LogP contribution is -2.55. The van der Waals surface area contributed by atoms with E-state index in [2.05, 4.69) is 24.6 Å². The maximum atomic E-state index is 12.7. The second kappa shape index (κ2) is 12.4. The van der Waals surface area contributed by atoms with Crippen molar-refractivity contribution in [2.24, 2.45) is 0 Å². The Hall–Kier alpha value is -3.27. The Balaban J connectivity index is 1.35. The number of likely N-dealkylation sites (tertiary alicyclic amines) is 1. The van der Waals surface area contributed by atoms with Crippen LogP contribution in [-0.2, 0) is 27.8 Å². The highest BCUT2D eigenvalue weighted by atomic mass is 35.5. The normalized spacial score (nSPS) is 23.2. The third-order valence-corrected chi connectivity index (χ3v) is 10.6. The third kappa shape index (κ3) is 5.95. The maximum absolute atomic E-state index is 12.7. The third-order valence-electron chi connectivity index (χ3n) is 8.76. The smallest absolute Gasteiger partial charge is 0.318 e. The van der Waals surface area contributed by atoms with Crippen molar-refractivity contribution in [1.82, 2.24) is 19.2 Å². The molecule has 0 N–H and O–H groups in total. The Kier molecular flexibility index (Phi) is 8.58. The van der Waals surface area contributed by atoms with Gasteiger partial charge in [-0.1, -0.05) is 48.5 Å². The van der Waals surface area contributed by atoms with Crippen LogP contribution in [-0.4, -0.2) is 79.5 Å². The zero-order valence-electron chi connectivity index (χ0n) is 24.2. The van der Waals surface area contributed by atoms with Crippen LogP contribution in [0.2, 0.25) is 5.02 Å². The molecule has 4 heterocycles. The van der Waals surface area contributed by atoms with E-state index in [0.717, 1.165) is 52.4 Å². The van der Waals surface area contributed by atoms with Gasteiger partial charge in [-0.3, -0.25) is 0 Å². The Labute approximate surface area is 257 Å². The van der Waals surface area contributed by atoms with Gasteiger partial charge in [-0.2, -0.15) is 19.5 Å². The van der Waals surface area contributed by atoms with Gasteiger partial charge in [0.25, 0.3) is 0 Å². The monoisotopic (exact) mass is 622 g/mol. The lowest BCUT2D eigenvalue weighted by Gasteiger charge is -2.41. The molecule has 3 atom stereocenters. The van der Waals surface area contributed by atoms with Gasteiger partial charge in [0, 0.05) is 53.5 Å². The number of piperazine rings is 1. The fourth-order valence-electron chi connectivity index (χ4n) is 6.44. The highest BCUT2D eigenvalue weighted by molar-refractivity contribution is 7.92. The number of hydrogen-bond acceptors (Lipinski definition) is 9. The molecule has 3 aromatic rings. The summed E-state index contributed by atoms with van der Waals surface area (Å²) in [5.74, 6) is 0.660. The second-order valence-corrected chi connectivity index (χ2v) is 13.6. The van der Waals surface area contributed by atoms with Crippen LogP contribution >= 0.6 is 11.6 Å². The van der Waals surface area contributed by atoms with Crippen LogP contribution in [0, 0.1) is 11.3 Å². The standard InChI is InChI=1S/C31H35ClN6O4S/c1-3-43(39,40)38-16-15-37(18-22(38)12-13-33)30-25-20-41-28(24-10-4-7-21-8-5-11-26(32)29(21)24)17-27(25)34-31(35-30)42-19-23-9-6-14-36(23)2/h3-5,7-8,10-11,22-23,28H,1,6,9,12,14-20H2,2H3/t22-,23-,28?/m0/s1. The Morgan fingerprint density at radius 2 is 2.00 bits per heavy atom. The first-order valence-corrected chi connectivity index (χ1v) is 16.4. The number of hydrogen-bond donors (Lipinski definition) is 0. The number of halogens is 1. The zero-order valence-corrected chi connectivity index (χ0v) is 25.7. The molecular weight excluding hydrogens is 588 g/mol. The van der Waals surface area contributed by atoms with E-state index < -0.39 is 16.1 Å². The van der Waals surface area contributed by atoms with E-state index in [4.69, 9.17) is 31.0 Å². The molecule has 12 heteroatoms. The van der Waals surface area contributed by atoms with E-state index in [1.165, 1.54) is 4.31 Å². The summed E-state index contributed by atoms with van der Waals surface area (Å²) in [6.07, 6.45) is 2.47. The molecule has 3 aliphatic rings. The number of sulfonamides is 1. The minimum atomic E-state index is -3.68. The number of ether oxygens (including phenoxy) is 2. The van der Waals surface area contributed by atoms with Crippen LogP contribution in [0.5, 0.6) is 6.01 Å². The molecule has 0 bridgehead atoms. The average molecular weight is 623 g/mol. The number of anilines is 1. The molecule has 0 saturated carbocycles. The van der Waals surface area contributed by atoms with E-state index in [-0.39, 0.29) is 25.7 Å². The van der Waals surface area contributed by atoms with Crippen molar-refractivity contribution in [3.8, 4) is 12.1 Å². The summed E-state index contributed by atoms with van der Waals surface area (Å²) >= 11 is 6.65. The van der Waals surface area contributed by atoms with Gasteiger partial charge in [-0.25, -0.2) is 8.42 Å². The van der Waals surface area contributed by atoms with Crippen molar-refractivity contribution < 1.29 is 17.9 Å². The molecule has 2 saturated heterocycles. The quantitative estimate of drug-likeness (QED) is 0.360. The van der Waals surface area contributed by atoms with Gasteiger partial charge >= 0.3 is 6.01 Å². The van der Waals surface area contributed by atoms with Crippen LogP contribution in [0.1, 0.15) is 42.2 Å². The summed E-state index contributed by atoms with van der Waals surface area (Å²) in [7, 11) is -1.58. The van der Waals surface area contributed by atoms with E-state index >= 15 is 0 Å². The summed E-state index contributed by atoms with van der Waals surface area (Å²) in [5.41, 5.74) is 2.68. The number of nitriles is 1. The number of fused-ring (bicyclic) bond motifs is 2. The fraction of sp³-hybridized carbons (Fsp3) is 0.452. The number of likely N-dealkylation sites (N-methyl/N-ethyl adjacent to an activating group) is 1. The van der Waals surface area contributed by atoms with Crippen LogP contribution in [0.25, 0.3) is 10.8 Å². The SMILES string of the molecule is C=CS(=O)(=O)N1CCN(c2nc(OC[C@@H]3CCCN3C)nc3c2COC(c2cccc4cccc(Cl)c24)C3)C[C@@H]1CC#N. The van der Waals surface area contributed by atoms with Crippen LogP contribution < -0.4 is 9.64 Å². The van der Waals surface area contributed by atoms with Gasteiger partial charge in [0.2, 0.25) is 10.0 Å². The Bertz CT molecular complexity index is 1670. The summed E-state index contributed by atoms with van der Waals surface area (Å²) in [6, 6.07) is 14.2. The van der Waals surface area contributed by atoms with Crippen LogP contribution in [0.3, 0.4) is 0 Å². The minimum absolute atomic E-state index is 0.0502. The number of nitrogens with zero attached hydrogens (tertiary/aromatic N) is 6. The molecule has 226 valence electrons. The predicted octanol–water partition coefficient (Wildman–Crippen LogP) is 4.45. The van der Waals surface area contributed by atoms with E-state index in [1.54, 1.807) is 0 Å². The largest absolute Gasteiger partial charge is 0.462 e. The number of aromatic nitrogens is 2. The van der Waals surface area contributed by atoms with Gasteiger partial charge in [-0.05, 0) is 43.5 Å². The summed E-state index contributed by atoms with van der Waals surface area (Å²) < 4.78 is 39.4. The first kappa shape index (κ1) is 29.8. The molecule has 3 aliphatic heterocycles. The van der Waals surface area contributed by atoms with Crippen molar-refractivity contribution in [1.29, 1.82) is 5.26 Å². The molecule has 6 rings (SSSR count). The lowest BCUT2D eigenvalue weighted by molar-refractivity contribution is 0.0264. The van der Waals surface area contributed by atoms with Gasteiger partial charge in [0.05, 0.1) is 36.9 Å². The van der Waals surface area contributed by atoms with Crippen molar-refractivity contribution in [2.75, 3.05) is 44.7 Å². The lowest BCUT2D eigenvalue weighted by atomic mass is 9.94. The van der Waals surface area contributed by atoms with Crippen molar-refractivity contribution in [3.63, 3.8) is 0 Å². The molecular formula is C31H35ClN6O4S. The summed E-state index contributed by atoms with van der Waals surface area (Å²) in [4.78, 5) is 14.1. The summed E-state index contributed by atoms with van der Waals surface area (Å²) in [6.45, 7) is 6.17. The molecule has 0 radical (unpaired) electrons. The Morgan fingerprint density at radius 3 is 2.74 bits per heavy atom. The molecule has 1 aromatic heterocycles. The molecule has 0 spiro atoms. The van der Waals surface area contributed by atoms with E-state index in [1.807, 2.05) is 41.3 Å². The molecule has 1 unspecified atom stereocenters. The van der Waals surface area contributed by atoms with Gasteiger partial charge < -0.3 is 19.3 Å². The molecule has 43 heavy (non-hydrogen) atoms. The molecule has 2 fully saturated rings. The molecule has 10 nitrogen and oxygen atoms in total. The van der Waals surface area contributed by atoms with Gasteiger partial charge in [0.15, 0.2) is 0 Å². The highest BCUT2D eigenvalue weighted by Gasteiger charge is 2.37. The van der Waals surface area contributed by atoms with Gasteiger partial charge in [-0.15, -0.1) is 0 Å². The predicted molar refractivity (Wildman–Crippen MR) is 165 cm³/mol. The maximum Gasteiger partial charge on any atom is 0.318 e. The molecule has 0 amide bonds. The number of benzene rings is 2. The molecule has 0 aliphatic carbocycles. The minimum Gasteiger partial charge on any atom is -0.462 e.